The summed E-state index contributed by atoms with van der Waals surface area (Å²) >= 11 is 1.51. The van der Waals surface area contributed by atoms with Crippen LogP contribution in [0.25, 0.3) is 0 Å². The van der Waals surface area contributed by atoms with Gasteiger partial charge in [0.25, 0.3) is 0 Å². The SMILES string of the molecule is Cn1cncc1CC(=O)N1CSCC1C(=O)Nc1ccccc1F. The lowest BCUT2D eigenvalue weighted by Gasteiger charge is -2.23. The van der Waals surface area contributed by atoms with Crippen LogP contribution in [-0.2, 0) is 23.1 Å². The van der Waals surface area contributed by atoms with Crippen molar-refractivity contribution < 1.29 is 14.0 Å². The minimum absolute atomic E-state index is 0.124. The van der Waals surface area contributed by atoms with E-state index in [-0.39, 0.29) is 23.9 Å². The average molecular weight is 348 g/mol. The topological polar surface area (TPSA) is 67.2 Å². The van der Waals surface area contributed by atoms with Crippen LogP contribution in [0, 0.1) is 5.82 Å². The number of carbonyl (C=O) groups excluding carboxylic acids is 2. The number of thioether (sulfide) groups is 1. The van der Waals surface area contributed by atoms with Gasteiger partial charge in [0.15, 0.2) is 0 Å². The standard InChI is InChI=1S/C16H17FN4O2S/c1-20-9-18-7-11(20)6-15(22)21-10-24-8-14(21)16(23)19-13-5-3-2-4-12(13)17/h2-5,7,9,14H,6,8,10H2,1H3,(H,19,23). The number of anilines is 1. The molecule has 6 nitrogen and oxygen atoms in total. The quantitative estimate of drug-likeness (QED) is 0.912. The molecule has 1 saturated heterocycles. The van der Waals surface area contributed by atoms with Crippen LogP contribution in [-0.4, -0.2) is 43.9 Å². The summed E-state index contributed by atoms with van der Waals surface area (Å²) in [5.41, 5.74) is 0.906. The number of nitrogens with zero attached hydrogens (tertiary/aromatic N) is 3. The van der Waals surface area contributed by atoms with Crippen LogP contribution in [0.5, 0.6) is 0 Å². The second kappa shape index (κ2) is 7.04. The molecule has 1 atom stereocenters. The maximum absolute atomic E-state index is 13.7. The van der Waals surface area contributed by atoms with Crippen molar-refractivity contribution >= 4 is 29.3 Å². The Hall–Kier alpha value is -2.35. The molecule has 24 heavy (non-hydrogen) atoms. The third kappa shape index (κ3) is 3.43. The molecular formula is C16H17FN4O2S. The summed E-state index contributed by atoms with van der Waals surface area (Å²) in [6, 6.07) is 5.38. The molecule has 0 saturated carbocycles. The van der Waals surface area contributed by atoms with Crippen molar-refractivity contribution in [3.8, 4) is 0 Å². The van der Waals surface area contributed by atoms with Crippen molar-refractivity contribution in [2.24, 2.45) is 7.05 Å². The van der Waals surface area contributed by atoms with Gasteiger partial charge in [-0.2, -0.15) is 0 Å². The second-order valence-corrected chi connectivity index (χ2v) is 6.52. The number of benzene rings is 1. The Balaban J connectivity index is 1.68. The second-order valence-electron chi connectivity index (χ2n) is 5.52. The molecule has 1 aromatic heterocycles. The van der Waals surface area contributed by atoms with Crippen LogP contribution in [0.1, 0.15) is 5.69 Å². The van der Waals surface area contributed by atoms with Gasteiger partial charge in [-0.05, 0) is 12.1 Å². The molecule has 126 valence electrons. The van der Waals surface area contributed by atoms with Crippen molar-refractivity contribution in [3.05, 3.63) is 48.3 Å². The number of halogens is 1. The van der Waals surface area contributed by atoms with Crippen LogP contribution >= 0.6 is 11.8 Å². The number of rotatable bonds is 4. The fourth-order valence-corrected chi connectivity index (χ4v) is 3.68. The monoisotopic (exact) mass is 348 g/mol. The van der Waals surface area contributed by atoms with Crippen molar-refractivity contribution in [3.63, 3.8) is 0 Å². The van der Waals surface area contributed by atoms with Crippen molar-refractivity contribution in [1.29, 1.82) is 0 Å². The predicted molar refractivity (Wildman–Crippen MR) is 89.9 cm³/mol. The molecule has 1 N–H and O–H groups in total. The first-order valence-corrected chi connectivity index (χ1v) is 8.59. The molecule has 1 fully saturated rings. The van der Waals surface area contributed by atoms with Gasteiger partial charge in [-0.1, -0.05) is 12.1 Å². The zero-order chi connectivity index (χ0) is 17.1. The molecule has 1 aromatic carbocycles. The van der Waals surface area contributed by atoms with Gasteiger partial charge in [-0.15, -0.1) is 11.8 Å². The van der Waals surface area contributed by atoms with Crippen LogP contribution in [0.2, 0.25) is 0 Å². The van der Waals surface area contributed by atoms with E-state index in [1.54, 1.807) is 29.2 Å². The number of para-hydroxylation sites is 1. The van der Waals surface area contributed by atoms with E-state index in [1.165, 1.54) is 28.8 Å². The fourth-order valence-electron chi connectivity index (χ4n) is 2.50. The summed E-state index contributed by atoms with van der Waals surface area (Å²) in [4.78, 5) is 30.5. The Morgan fingerprint density at radius 1 is 1.42 bits per heavy atom. The summed E-state index contributed by atoms with van der Waals surface area (Å²) in [5, 5.41) is 2.57. The Kier molecular flexibility index (Phi) is 4.84. The zero-order valence-electron chi connectivity index (χ0n) is 13.1. The number of imidazole rings is 1. The number of nitrogens with one attached hydrogen (secondary N) is 1. The van der Waals surface area contributed by atoms with E-state index < -0.39 is 11.9 Å². The lowest BCUT2D eigenvalue weighted by molar-refractivity contribution is -0.135. The van der Waals surface area contributed by atoms with Crippen molar-refractivity contribution in [1.82, 2.24) is 14.5 Å². The number of aryl methyl sites for hydroxylation is 1. The first-order chi connectivity index (χ1) is 11.6. The summed E-state index contributed by atoms with van der Waals surface area (Å²) in [6.07, 6.45) is 3.44. The molecule has 1 aliphatic heterocycles. The van der Waals surface area contributed by atoms with Gasteiger partial charge in [-0.25, -0.2) is 9.37 Å². The van der Waals surface area contributed by atoms with Crippen LogP contribution in [0.3, 0.4) is 0 Å². The molecule has 0 bridgehead atoms. The predicted octanol–water partition coefficient (Wildman–Crippen LogP) is 1.64. The van der Waals surface area contributed by atoms with E-state index in [2.05, 4.69) is 10.3 Å². The molecule has 8 heteroatoms. The van der Waals surface area contributed by atoms with E-state index in [1.807, 2.05) is 7.05 Å². The highest BCUT2D eigenvalue weighted by Crippen LogP contribution is 2.24. The number of hydrogen-bond donors (Lipinski definition) is 1. The van der Waals surface area contributed by atoms with E-state index in [0.29, 0.717) is 11.6 Å². The maximum Gasteiger partial charge on any atom is 0.248 e. The molecule has 2 aromatic rings. The van der Waals surface area contributed by atoms with Crippen LogP contribution in [0.15, 0.2) is 36.8 Å². The summed E-state index contributed by atoms with van der Waals surface area (Å²) in [6.45, 7) is 0. The molecule has 1 unspecified atom stereocenters. The van der Waals surface area contributed by atoms with Gasteiger partial charge in [0.2, 0.25) is 11.8 Å². The van der Waals surface area contributed by atoms with Gasteiger partial charge in [0, 0.05) is 24.7 Å². The molecule has 1 aliphatic rings. The smallest absolute Gasteiger partial charge is 0.248 e. The summed E-state index contributed by atoms with van der Waals surface area (Å²) in [7, 11) is 1.82. The number of amides is 2. The number of hydrogen-bond acceptors (Lipinski definition) is 4. The first-order valence-electron chi connectivity index (χ1n) is 7.44. The van der Waals surface area contributed by atoms with E-state index >= 15 is 0 Å². The normalized spacial score (nSPS) is 17.1. The summed E-state index contributed by atoms with van der Waals surface area (Å²) in [5.74, 6) is -0.0614. The molecular weight excluding hydrogens is 331 g/mol. The van der Waals surface area contributed by atoms with E-state index in [4.69, 9.17) is 0 Å². The average Bonchev–Trinajstić information content (AvgIpc) is 3.19. The molecule has 2 heterocycles. The minimum Gasteiger partial charge on any atom is -0.337 e. The van der Waals surface area contributed by atoms with Crippen LogP contribution in [0.4, 0.5) is 10.1 Å². The molecule has 2 amide bonds. The maximum atomic E-state index is 13.7. The molecule has 0 spiro atoms. The highest BCUT2D eigenvalue weighted by molar-refractivity contribution is 7.99. The lowest BCUT2D eigenvalue weighted by Crippen LogP contribution is -2.45. The number of aromatic nitrogens is 2. The largest absolute Gasteiger partial charge is 0.337 e. The molecule has 0 radical (unpaired) electrons. The van der Waals surface area contributed by atoms with Gasteiger partial charge >= 0.3 is 0 Å². The lowest BCUT2D eigenvalue weighted by atomic mass is 10.2. The van der Waals surface area contributed by atoms with Gasteiger partial charge in [-0.3, -0.25) is 9.59 Å². The Morgan fingerprint density at radius 3 is 2.92 bits per heavy atom. The van der Waals surface area contributed by atoms with Gasteiger partial charge in [0.1, 0.15) is 11.9 Å². The fraction of sp³-hybridized carbons (Fsp3) is 0.312. The Labute approximate surface area is 143 Å². The molecule has 3 rings (SSSR count). The van der Waals surface area contributed by atoms with Crippen molar-refractivity contribution in [2.45, 2.75) is 12.5 Å². The minimum atomic E-state index is -0.602. The third-order valence-corrected chi connectivity index (χ3v) is 4.90. The van der Waals surface area contributed by atoms with Crippen molar-refractivity contribution in [2.75, 3.05) is 16.9 Å². The highest BCUT2D eigenvalue weighted by atomic mass is 32.2. The summed E-state index contributed by atoms with van der Waals surface area (Å²) < 4.78 is 15.5. The third-order valence-electron chi connectivity index (χ3n) is 3.89. The zero-order valence-corrected chi connectivity index (χ0v) is 13.9. The Bertz CT molecular complexity index is 764. The van der Waals surface area contributed by atoms with Gasteiger partial charge in [0.05, 0.1) is 24.3 Å². The van der Waals surface area contributed by atoms with E-state index in [9.17, 15) is 14.0 Å². The first kappa shape index (κ1) is 16.5. The highest BCUT2D eigenvalue weighted by Gasteiger charge is 2.35. The van der Waals surface area contributed by atoms with E-state index in [0.717, 1.165) is 5.69 Å². The molecule has 0 aliphatic carbocycles. The Morgan fingerprint density at radius 2 is 2.21 bits per heavy atom. The van der Waals surface area contributed by atoms with Crippen LogP contribution < -0.4 is 5.32 Å². The number of carbonyl (C=O) groups is 2. The van der Waals surface area contributed by atoms with Gasteiger partial charge < -0.3 is 14.8 Å².